The summed E-state index contributed by atoms with van der Waals surface area (Å²) in [6.45, 7) is 3.02. The standard InChI is InChI=1S/C20H31FN4O2/c1-2-3-10-23-18(27)19-4-7-20(8-5-19,9-6-19)24-13-17(26)25-14-15(21)11-16(25)12-22/h15-16,24H,2-11,13-14H2,1H3,(H,23,27)/t15-,16-,19?,20?/m0/s1. The lowest BCUT2D eigenvalue weighted by molar-refractivity contribution is -0.139. The van der Waals surface area contributed by atoms with E-state index in [-0.39, 0.29) is 42.3 Å². The third kappa shape index (κ3) is 4.11. The molecule has 7 heteroatoms. The Kier molecular flexibility index (Phi) is 6.05. The fraction of sp³-hybridized carbons (Fsp3) is 0.850. The molecule has 2 amide bonds. The molecule has 27 heavy (non-hydrogen) atoms. The minimum Gasteiger partial charge on any atom is -0.356 e. The first kappa shape index (κ1) is 20.1. The van der Waals surface area contributed by atoms with E-state index in [0.29, 0.717) is 0 Å². The number of nitrogens with zero attached hydrogens (tertiary/aromatic N) is 2. The predicted molar refractivity (Wildman–Crippen MR) is 99.4 cm³/mol. The molecule has 2 bridgehead atoms. The van der Waals surface area contributed by atoms with E-state index >= 15 is 0 Å². The van der Waals surface area contributed by atoms with Gasteiger partial charge in [-0.05, 0) is 44.9 Å². The van der Waals surface area contributed by atoms with Gasteiger partial charge < -0.3 is 15.5 Å². The van der Waals surface area contributed by atoms with E-state index in [1.165, 1.54) is 4.90 Å². The van der Waals surface area contributed by atoms with Crippen LogP contribution in [0.5, 0.6) is 0 Å². The summed E-state index contributed by atoms with van der Waals surface area (Å²) in [6.07, 6.45) is 6.29. The number of nitriles is 1. The van der Waals surface area contributed by atoms with E-state index in [1.54, 1.807) is 0 Å². The van der Waals surface area contributed by atoms with E-state index in [4.69, 9.17) is 5.26 Å². The number of alkyl halides is 1. The Morgan fingerprint density at radius 3 is 2.48 bits per heavy atom. The van der Waals surface area contributed by atoms with Gasteiger partial charge in [0.1, 0.15) is 12.2 Å². The van der Waals surface area contributed by atoms with Gasteiger partial charge in [0.15, 0.2) is 0 Å². The van der Waals surface area contributed by atoms with Gasteiger partial charge in [-0.25, -0.2) is 4.39 Å². The van der Waals surface area contributed by atoms with Gasteiger partial charge in [0, 0.05) is 23.9 Å². The van der Waals surface area contributed by atoms with Crippen LogP contribution in [-0.2, 0) is 9.59 Å². The molecule has 2 N–H and O–H groups in total. The maximum Gasteiger partial charge on any atom is 0.237 e. The first-order valence-corrected chi connectivity index (χ1v) is 10.3. The summed E-state index contributed by atoms with van der Waals surface area (Å²) in [5.74, 6) is -0.000892. The van der Waals surface area contributed by atoms with Crippen LogP contribution in [0.25, 0.3) is 0 Å². The van der Waals surface area contributed by atoms with Crippen molar-refractivity contribution in [3.05, 3.63) is 0 Å². The van der Waals surface area contributed by atoms with E-state index in [1.807, 2.05) is 6.07 Å². The van der Waals surface area contributed by atoms with Crippen LogP contribution in [0.2, 0.25) is 0 Å². The summed E-state index contributed by atoms with van der Waals surface area (Å²) in [4.78, 5) is 26.5. The molecule has 4 rings (SSSR count). The molecule has 0 aromatic heterocycles. The number of fused-ring (bicyclic) bond motifs is 3. The monoisotopic (exact) mass is 378 g/mol. The molecule has 4 fully saturated rings. The summed E-state index contributed by atoms with van der Waals surface area (Å²) in [5.41, 5.74) is -0.332. The maximum atomic E-state index is 13.5. The molecule has 3 aliphatic carbocycles. The van der Waals surface area contributed by atoms with Crippen molar-refractivity contribution in [3.8, 4) is 6.07 Å². The molecule has 0 unspecified atom stereocenters. The second-order valence-electron chi connectivity index (χ2n) is 8.55. The molecular formula is C20H31FN4O2. The summed E-state index contributed by atoms with van der Waals surface area (Å²) in [7, 11) is 0. The Balaban J connectivity index is 1.50. The second kappa shape index (κ2) is 8.14. The van der Waals surface area contributed by atoms with Crippen LogP contribution in [0, 0.1) is 16.7 Å². The molecule has 150 valence electrons. The van der Waals surface area contributed by atoms with Crippen molar-refractivity contribution < 1.29 is 14.0 Å². The zero-order chi connectivity index (χ0) is 19.5. The predicted octanol–water partition coefficient (Wildman–Crippen LogP) is 2.05. The van der Waals surface area contributed by atoms with Crippen molar-refractivity contribution in [1.29, 1.82) is 5.26 Å². The van der Waals surface area contributed by atoms with Crippen LogP contribution in [-0.4, -0.2) is 54.1 Å². The molecule has 0 spiro atoms. The normalized spacial score (nSPS) is 35.1. The fourth-order valence-corrected chi connectivity index (χ4v) is 4.90. The topological polar surface area (TPSA) is 85.2 Å². The van der Waals surface area contributed by atoms with E-state index in [0.717, 1.165) is 57.9 Å². The minimum absolute atomic E-state index is 0.0206. The highest BCUT2D eigenvalue weighted by Crippen LogP contribution is 2.52. The van der Waals surface area contributed by atoms with Gasteiger partial charge in [0.2, 0.25) is 11.8 Å². The fourth-order valence-electron chi connectivity index (χ4n) is 4.90. The van der Waals surface area contributed by atoms with Gasteiger partial charge in [-0.15, -0.1) is 0 Å². The van der Waals surface area contributed by atoms with Crippen LogP contribution < -0.4 is 10.6 Å². The third-order valence-electron chi connectivity index (χ3n) is 6.88. The Hall–Kier alpha value is -1.68. The molecule has 3 saturated carbocycles. The van der Waals surface area contributed by atoms with Gasteiger partial charge in [-0.1, -0.05) is 13.3 Å². The first-order chi connectivity index (χ1) is 12.9. The molecule has 1 heterocycles. The lowest BCUT2D eigenvalue weighted by Gasteiger charge is -2.53. The quantitative estimate of drug-likeness (QED) is 0.664. The SMILES string of the molecule is CCCCNC(=O)C12CCC(NCC(=O)N3C[C@@H](F)C[C@H]3C#N)(CC1)CC2. The summed E-state index contributed by atoms with van der Waals surface area (Å²) < 4.78 is 13.5. The zero-order valence-electron chi connectivity index (χ0n) is 16.2. The molecule has 6 nitrogen and oxygen atoms in total. The number of halogens is 1. The van der Waals surface area contributed by atoms with Crippen molar-refractivity contribution in [2.24, 2.45) is 5.41 Å². The van der Waals surface area contributed by atoms with Gasteiger partial charge in [0.05, 0.1) is 19.2 Å². The summed E-state index contributed by atoms with van der Waals surface area (Å²) in [5, 5.41) is 15.6. The molecular weight excluding hydrogens is 347 g/mol. The smallest absolute Gasteiger partial charge is 0.237 e. The Morgan fingerprint density at radius 2 is 1.89 bits per heavy atom. The number of amides is 2. The summed E-state index contributed by atoms with van der Waals surface area (Å²) in [6, 6.07) is 1.38. The zero-order valence-corrected chi connectivity index (χ0v) is 16.2. The maximum absolute atomic E-state index is 13.5. The highest BCUT2D eigenvalue weighted by Gasteiger charge is 2.52. The lowest BCUT2D eigenvalue weighted by Crippen LogP contribution is -2.60. The Morgan fingerprint density at radius 1 is 1.22 bits per heavy atom. The van der Waals surface area contributed by atoms with Crippen LogP contribution in [0.1, 0.15) is 64.7 Å². The number of rotatable bonds is 7. The van der Waals surface area contributed by atoms with Crippen molar-refractivity contribution in [1.82, 2.24) is 15.5 Å². The molecule has 4 aliphatic rings. The number of hydrogen-bond donors (Lipinski definition) is 2. The number of hydrogen-bond acceptors (Lipinski definition) is 4. The Labute approximate surface area is 160 Å². The van der Waals surface area contributed by atoms with Crippen LogP contribution in [0.4, 0.5) is 4.39 Å². The van der Waals surface area contributed by atoms with Crippen LogP contribution >= 0.6 is 0 Å². The van der Waals surface area contributed by atoms with Gasteiger partial charge in [0.25, 0.3) is 0 Å². The molecule has 0 aromatic rings. The van der Waals surface area contributed by atoms with Crippen LogP contribution in [0.15, 0.2) is 0 Å². The van der Waals surface area contributed by atoms with Crippen molar-refractivity contribution in [2.75, 3.05) is 19.6 Å². The number of likely N-dealkylation sites (tertiary alicyclic amines) is 1. The largest absolute Gasteiger partial charge is 0.356 e. The Bertz CT molecular complexity index is 593. The highest BCUT2D eigenvalue weighted by atomic mass is 19.1. The minimum atomic E-state index is -1.10. The number of carbonyl (C=O) groups excluding carboxylic acids is 2. The second-order valence-corrected chi connectivity index (χ2v) is 8.55. The lowest BCUT2D eigenvalue weighted by atomic mass is 9.57. The van der Waals surface area contributed by atoms with E-state index in [9.17, 15) is 14.0 Å². The van der Waals surface area contributed by atoms with Crippen molar-refractivity contribution in [3.63, 3.8) is 0 Å². The van der Waals surface area contributed by atoms with E-state index in [2.05, 4.69) is 17.6 Å². The van der Waals surface area contributed by atoms with Gasteiger partial charge in [-0.3, -0.25) is 9.59 Å². The third-order valence-corrected chi connectivity index (χ3v) is 6.88. The molecule has 2 atom stereocenters. The van der Waals surface area contributed by atoms with E-state index < -0.39 is 12.2 Å². The number of nitrogens with one attached hydrogen (secondary N) is 2. The molecule has 1 saturated heterocycles. The van der Waals surface area contributed by atoms with Crippen LogP contribution in [0.3, 0.4) is 0 Å². The van der Waals surface area contributed by atoms with Crippen molar-refractivity contribution >= 4 is 11.8 Å². The van der Waals surface area contributed by atoms with Crippen molar-refractivity contribution in [2.45, 2.75) is 82.5 Å². The molecule has 1 aliphatic heterocycles. The molecule has 0 aromatic carbocycles. The van der Waals surface area contributed by atoms with Gasteiger partial charge in [-0.2, -0.15) is 5.26 Å². The average Bonchev–Trinajstić information content (AvgIpc) is 3.08. The number of unbranched alkanes of at least 4 members (excludes halogenated alkanes) is 1. The highest BCUT2D eigenvalue weighted by molar-refractivity contribution is 5.83. The summed E-state index contributed by atoms with van der Waals surface area (Å²) >= 11 is 0. The first-order valence-electron chi connectivity index (χ1n) is 10.3. The average molecular weight is 378 g/mol. The van der Waals surface area contributed by atoms with Gasteiger partial charge >= 0.3 is 0 Å². The number of carbonyl (C=O) groups is 2. The molecule has 0 radical (unpaired) electrons.